The van der Waals surface area contributed by atoms with Crippen LogP contribution in [0, 0.1) is 11.3 Å². The molecule has 1 aliphatic heterocycles. The maximum absolute atomic E-state index is 12.0. The third-order valence-corrected chi connectivity index (χ3v) is 6.01. The summed E-state index contributed by atoms with van der Waals surface area (Å²) in [4.78, 5) is 6.47. The van der Waals surface area contributed by atoms with Gasteiger partial charge in [-0.2, -0.15) is 0 Å². The molecule has 1 saturated carbocycles. The van der Waals surface area contributed by atoms with E-state index in [9.17, 15) is 8.42 Å². The van der Waals surface area contributed by atoms with E-state index in [2.05, 4.69) is 33.8 Å². The lowest BCUT2D eigenvalue weighted by molar-refractivity contribution is 0.316. The van der Waals surface area contributed by atoms with Gasteiger partial charge in [-0.3, -0.25) is 4.99 Å². The van der Waals surface area contributed by atoms with Crippen molar-refractivity contribution in [3.8, 4) is 0 Å². The van der Waals surface area contributed by atoms with Crippen LogP contribution in [0.5, 0.6) is 0 Å². The largest absolute Gasteiger partial charge is 0.355 e. The van der Waals surface area contributed by atoms with E-state index in [4.69, 9.17) is 0 Å². The number of rotatable bonds is 6. The third kappa shape index (κ3) is 5.12. The van der Waals surface area contributed by atoms with Crippen molar-refractivity contribution in [2.75, 3.05) is 39.0 Å². The van der Waals surface area contributed by atoms with Crippen LogP contribution in [0.4, 0.5) is 0 Å². The SMILES string of the molecule is CN=C(NCCS(=O)(=O)NCC1CCC1)N1CCC(C)(C)C1. The molecule has 1 aliphatic carbocycles. The molecular weight excluding hydrogens is 300 g/mol. The zero-order valence-corrected chi connectivity index (χ0v) is 14.9. The van der Waals surface area contributed by atoms with Gasteiger partial charge in [0, 0.05) is 33.2 Å². The Kier molecular flexibility index (Phi) is 5.71. The summed E-state index contributed by atoms with van der Waals surface area (Å²) in [6.45, 7) is 7.41. The van der Waals surface area contributed by atoms with Crippen LogP contribution in [0.3, 0.4) is 0 Å². The van der Waals surface area contributed by atoms with E-state index in [1.54, 1.807) is 7.05 Å². The van der Waals surface area contributed by atoms with Crippen molar-refractivity contribution >= 4 is 16.0 Å². The first-order valence-electron chi connectivity index (χ1n) is 8.24. The number of nitrogens with zero attached hydrogens (tertiary/aromatic N) is 2. The molecule has 0 aromatic heterocycles. The maximum Gasteiger partial charge on any atom is 0.213 e. The molecule has 0 radical (unpaired) electrons. The fourth-order valence-corrected chi connectivity index (χ4v) is 3.94. The highest BCUT2D eigenvalue weighted by Crippen LogP contribution is 2.28. The molecule has 22 heavy (non-hydrogen) atoms. The Hall–Kier alpha value is -0.820. The molecule has 128 valence electrons. The lowest BCUT2D eigenvalue weighted by Crippen LogP contribution is -2.43. The second-order valence-corrected chi connectivity index (χ2v) is 9.20. The molecule has 2 fully saturated rings. The highest BCUT2D eigenvalue weighted by atomic mass is 32.2. The average molecular weight is 330 g/mol. The summed E-state index contributed by atoms with van der Waals surface area (Å²) in [5.41, 5.74) is 0.300. The van der Waals surface area contributed by atoms with Crippen LogP contribution in [-0.4, -0.2) is 58.3 Å². The summed E-state index contributed by atoms with van der Waals surface area (Å²) in [6.07, 6.45) is 4.67. The second-order valence-electron chi connectivity index (χ2n) is 7.27. The first kappa shape index (κ1) is 17.5. The molecule has 1 heterocycles. The van der Waals surface area contributed by atoms with Crippen molar-refractivity contribution in [2.24, 2.45) is 16.3 Å². The molecule has 6 nitrogen and oxygen atoms in total. The highest BCUT2D eigenvalue weighted by Gasteiger charge is 2.30. The molecule has 2 N–H and O–H groups in total. The number of hydrogen-bond donors (Lipinski definition) is 2. The summed E-state index contributed by atoms with van der Waals surface area (Å²) >= 11 is 0. The molecular formula is C15H30N4O2S. The fraction of sp³-hybridized carbons (Fsp3) is 0.933. The maximum atomic E-state index is 12.0. The topological polar surface area (TPSA) is 73.8 Å². The average Bonchev–Trinajstić information content (AvgIpc) is 2.73. The van der Waals surface area contributed by atoms with Gasteiger partial charge in [0.05, 0.1) is 5.75 Å². The Balaban J connectivity index is 1.71. The molecule has 0 spiro atoms. The van der Waals surface area contributed by atoms with Crippen LogP contribution in [0.2, 0.25) is 0 Å². The number of likely N-dealkylation sites (tertiary alicyclic amines) is 1. The molecule has 2 aliphatic rings. The highest BCUT2D eigenvalue weighted by molar-refractivity contribution is 7.89. The number of nitrogens with one attached hydrogen (secondary N) is 2. The smallest absolute Gasteiger partial charge is 0.213 e. The number of guanidine groups is 1. The standard InChI is InChI=1S/C15H30N4O2S/c1-15(2)7-9-19(12-15)14(16-3)17-8-10-22(20,21)18-11-13-5-4-6-13/h13,18H,4-12H2,1-3H3,(H,16,17). The summed E-state index contributed by atoms with van der Waals surface area (Å²) < 4.78 is 26.6. The van der Waals surface area contributed by atoms with Crippen molar-refractivity contribution in [3.05, 3.63) is 0 Å². The fourth-order valence-electron chi connectivity index (χ4n) is 2.94. The molecule has 2 rings (SSSR count). The van der Waals surface area contributed by atoms with Gasteiger partial charge in [-0.1, -0.05) is 20.3 Å². The molecule has 0 bridgehead atoms. The van der Waals surface area contributed by atoms with Gasteiger partial charge in [-0.25, -0.2) is 13.1 Å². The van der Waals surface area contributed by atoms with Crippen LogP contribution in [0.15, 0.2) is 4.99 Å². The predicted molar refractivity (Wildman–Crippen MR) is 90.5 cm³/mol. The quantitative estimate of drug-likeness (QED) is 0.563. The summed E-state index contributed by atoms with van der Waals surface area (Å²) in [5, 5.41) is 3.18. The van der Waals surface area contributed by atoms with E-state index in [0.29, 0.717) is 24.4 Å². The first-order valence-corrected chi connectivity index (χ1v) is 9.89. The van der Waals surface area contributed by atoms with Gasteiger partial charge >= 0.3 is 0 Å². The van der Waals surface area contributed by atoms with E-state index < -0.39 is 10.0 Å². The van der Waals surface area contributed by atoms with Crippen molar-refractivity contribution in [1.82, 2.24) is 14.9 Å². The Morgan fingerprint density at radius 3 is 2.59 bits per heavy atom. The van der Waals surface area contributed by atoms with E-state index in [-0.39, 0.29) is 5.75 Å². The van der Waals surface area contributed by atoms with Gasteiger partial charge in [0.25, 0.3) is 0 Å². The summed E-state index contributed by atoms with van der Waals surface area (Å²) in [7, 11) is -1.44. The lowest BCUT2D eigenvalue weighted by atomic mass is 9.86. The van der Waals surface area contributed by atoms with E-state index in [1.807, 2.05) is 0 Å². The van der Waals surface area contributed by atoms with E-state index >= 15 is 0 Å². The van der Waals surface area contributed by atoms with Crippen molar-refractivity contribution < 1.29 is 8.42 Å². The minimum atomic E-state index is -3.19. The second kappa shape index (κ2) is 7.17. The third-order valence-electron chi connectivity index (χ3n) is 4.66. The number of sulfonamides is 1. The van der Waals surface area contributed by atoms with E-state index in [0.717, 1.165) is 38.3 Å². The number of aliphatic imine (C=N–C) groups is 1. The molecule has 1 saturated heterocycles. The Morgan fingerprint density at radius 2 is 2.09 bits per heavy atom. The summed E-state index contributed by atoms with van der Waals surface area (Å²) in [5.74, 6) is 1.44. The monoisotopic (exact) mass is 330 g/mol. The molecule has 0 aromatic rings. The number of hydrogen-bond acceptors (Lipinski definition) is 3. The van der Waals surface area contributed by atoms with Crippen LogP contribution >= 0.6 is 0 Å². The first-order chi connectivity index (χ1) is 10.3. The van der Waals surface area contributed by atoms with Gasteiger partial charge in [-0.15, -0.1) is 0 Å². The Morgan fingerprint density at radius 1 is 1.36 bits per heavy atom. The minimum Gasteiger partial charge on any atom is -0.355 e. The minimum absolute atomic E-state index is 0.0932. The van der Waals surface area contributed by atoms with Crippen LogP contribution in [-0.2, 0) is 10.0 Å². The van der Waals surface area contributed by atoms with E-state index in [1.165, 1.54) is 6.42 Å². The van der Waals surface area contributed by atoms with Crippen molar-refractivity contribution in [2.45, 2.75) is 39.5 Å². The zero-order valence-electron chi connectivity index (χ0n) is 14.1. The van der Waals surface area contributed by atoms with Gasteiger partial charge < -0.3 is 10.2 Å². The molecule has 0 amide bonds. The molecule has 7 heteroatoms. The van der Waals surface area contributed by atoms with Gasteiger partial charge in [0.15, 0.2) is 5.96 Å². The van der Waals surface area contributed by atoms with Gasteiger partial charge in [0.2, 0.25) is 10.0 Å². The molecule has 0 aromatic carbocycles. The zero-order chi connectivity index (χ0) is 16.2. The summed E-state index contributed by atoms with van der Waals surface area (Å²) in [6, 6.07) is 0. The van der Waals surface area contributed by atoms with Gasteiger partial charge in [0.1, 0.15) is 0 Å². The Labute approximate surface area is 134 Å². The van der Waals surface area contributed by atoms with Crippen molar-refractivity contribution in [3.63, 3.8) is 0 Å². The normalized spacial score (nSPS) is 22.7. The van der Waals surface area contributed by atoms with Gasteiger partial charge in [-0.05, 0) is 30.6 Å². The van der Waals surface area contributed by atoms with Crippen LogP contribution in [0.1, 0.15) is 39.5 Å². The van der Waals surface area contributed by atoms with Crippen molar-refractivity contribution in [1.29, 1.82) is 0 Å². The van der Waals surface area contributed by atoms with Crippen LogP contribution < -0.4 is 10.0 Å². The van der Waals surface area contributed by atoms with Crippen LogP contribution in [0.25, 0.3) is 0 Å². The lowest BCUT2D eigenvalue weighted by Gasteiger charge is -2.25. The predicted octanol–water partition coefficient (Wildman–Crippen LogP) is 1.01. The Bertz CT molecular complexity index is 498. The molecule has 0 unspecified atom stereocenters. The molecule has 0 atom stereocenters.